The Balaban J connectivity index is 1.79. The van der Waals surface area contributed by atoms with Gasteiger partial charge in [-0.15, -0.1) is 0 Å². The molecule has 3 aromatic carbocycles. The smallest absolute Gasteiger partial charge is 0.127 e. The fourth-order valence-electron chi connectivity index (χ4n) is 3.11. The lowest BCUT2D eigenvalue weighted by Gasteiger charge is -2.19. The Kier molecular flexibility index (Phi) is 6.91. The number of aliphatic imine (C=N–C) groups is 1. The van der Waals surface area contributed by atoms with Crippen LogP contribution in [0.25, 0.3) is 0 Å². The molecule has 0 atom stereocenters. The molecular formula is C26H30N2O2. The van der Waals surface area contributed by atoms with E-state index in [0.717, 1.165) is 34.1 Å². The molecule has 0 aliphatic rings. The third-order valence-corrected chi connectivity index (χ3v) is 4.85. The molecule has 0 aliphatic carbocycles. The van der Waals surface area contributed by atoms with E-state index in [0.29, 0.717) is 13.1 Å². The van der Waals surface area contributed by atoms with Gasteiger partial charge in [-0.25, -0.2) is 0 Å². The van der Waals surface area contributed by atoms with E-state index >= 15 is 0 Å². The van der Waals surface area contributed by atoms with Crippen LogP contribution in [-0.4, -0.2) is 25.9 Å². The first-order valence-corrected chi connectivity index (χ1v) is 10.2. The Morgan fingerprint density at radius 3 is 1.67 bits per heavy atom. The molecule has 3 rings (SSSR count). The van der Waals surface area contributed by atoms with Crippen LogP contribution in [0.2, 0.25) is 0 Å². The van der Waals surface area contributed by atoms with Crippen molar-refractivity contribution >= 4 is 5.71 Å². The number of ether oxygens (including phenoxy) is 2. The van der Waals surface area contributed by atoms with Gasteiger partial charge in [0, 0.05) is 17.7 Å². The maximum absolute atomic E-state index is 6.02. The minimum Gasteiger partial charge on any atom is -0.497 e. The molecule has 2 N–H and O–H groups in total. The first kappa shape index (κ1) is 21.6. The predicted molar refractivity (Wildman–Crippen MR) is 124 cm³/mol. The summed E-state index contributed by atoms with van der Waals surface area (Å²) in [5.41, 5.74) is 10.0. The Hall–Kier alpha value is -3.11. The van der Waals surface area contributed by atoms with Crippen molar-refractivity contribution in [2.45, 2.75) is 26.2 Å². The molecule has 4 heteroatoms. The van der Waals surface area contributed by atoms with E-state index < -0.39 is 0 Å². The Bertz CT molecular complexity index is 968. The number of methoxy groups -OCH3 is 1. The molecule has 4 nitrogen and oxygen atoms in total. The molecule has 0 unspecified atom stereocenters. The number of rotatable bonds is 7. The van der Waals surface area contributed by atoms with Gasteiger partial charge in [-0.05, 0) is 71.6 Å². The van der Waals surface area contributed by atoms with Gasteiger partial charge >= 0.3 is 0 Å². The molecule has 0 bridgehead atoms. The van der Waals surface area contributed by atoms with Gasteiger partial charge in [0.05, 0.1) is 19.4 Å². The largest absolute Gasteiger partial charge is 0.497 e. The molecule has 0 aliphatic heterocycles. The molecule has 0 fully saturated rings. The summed E-state index contributed by atoms with van der Waals surface area (Å²) in [5, 5.41) is 0. The highest BCUT2D eigenvalue weighted by Crippen LogP contribution is 2.27. The van der Waals surface area contributed by atoms with Crippen LogP contribution in [0.5, 0.6) is 17.2 Å². The molecule has 30 heavy (non-hydrogen) atoms. The molecule has 0 radical (unpaired) electrons. The van der Waals surface area contributed by atoms with Crippen LogP contribution in [0.3, 0.4) is 0 Å². The second-order valence-corrected chi connectivity index (χ2v) is 8.15. The third kappa shape index (κ3) is 5.49. The zero-order valence-corrected chi connectivity index (χ0v) is 18.2. The van der Waals surface area contributed by atoms with E-state index in [1.807, 2.05) is 60.7 Å². The van der Waals surface area contributed by atoms with Crippen molar-refractivity contribution in [2.24, 2.45) is 10.7 Å². The highest BCUT2D eigenvalue weighted by molar-refractivity contribution is 6.13. The van der Waals surface area contributed by atoms with Gasteiger partial charge in [0.15, 0.2) is 0 Å². The minimum absolute atomic E-state index is 0.126. The molecule has 0 amide bonds. The van der Waals surface area contributed by atoms with E-state index in [1.54, 1.807) is 7.11 Å². The Labute approximate surface area is 179 Å². The van der Waals surface area contributed by atoms with Crippen molar-refractivity contribution < 1.29 is 9.47 Å². The van der Waals surface area contributed by atoms with Gasteiger partial charge in [-0.2, -0.15) is 0 Å². The summed E-state index contributed by atoms with van der Waals surface area (Å²) < 4.78 is 11.3. The molecular weight excluding hydrogens is 372 g/mol. The van der Waals surface area contributed by atoms with Crippen LogP contribution >= 0.6 is 0 Å². The topological polar surface area (TPSA) is 56.8 Å². The van der Waals surface area contributed by atoms with Crippen molar-refractivity contribution in [1.29, 1.82) is 0 Å². The predicted octanol–water partition coefficient (Wildman–Crippen LogP) is 5.58. The first-order valence-electron chi connectivity index (χ1n) is 10.2. The molecule has 0 spiro atoms. The summed E-state index contributed by atoms with van der Waals surface area (Å²) >= 11 is 0. The lowest BCUT2D eigenvalue weighted by Crippen LogP contribution is -2.10. The highest BCUT2D eigenvalue weighted by Gasteiger charge is 2.13. The number of hydrogen-bond acceptors (Lipinski definition) is 4. The van der Waals surface area contributed by atoms with Crippen molar-refractivity contribution in [1.82, 2.24) is 0 Å². The van der Waals surface area contributed by atoms with Crippen LogP contribution in [0.1, 0.15) is 37.5 Å². The number of nitrogens with zero attached hydrogens (tertiary/aromatic N) is 1. The molecule has 0 saturated heterocycles. The maximum atomic E-state index is 6.02. The van der Waals surface area contributed by atoms with E-state index in [2.05, 4.69) is 32.9 Å². The van der Waals surface area contributed by atoms with Crippen LogP contribution in [0.15, 0.2) is 77.8 Å². The number of nitrogens with two attached hydrogens (primary N) is 1. The van der Waals surface area contributed by atoms with E-state index in [4.69, 9.17) is 20.2 Å². The maximum Gasteiger partial charge on any atom is 0.127 e. The average Bonchev–Trinajstić information content (AvgIpc) is 2.75. The van der Waals surface area contributed by atoms with Crippen LogP contribution < -0.4 is 15.2 Å². The van der Waals surface area contributed by atoms with Crippen molar-refractivity contribution in [3.8, 4) is 17.2 Å². The van der Waals surface area contributed by atoms with E-state index in [-0.39, 0.29) is 5.41 Å². The Morgan fingerprint density at radius 1 is 0.767 bits per heavy atom. The summed E-state index contributed by atoms with van der Waals surface area (Å²) in [4.78, 5) is 4.69. The molecule has 0 heterocycles. The number of benzene rings is 3. The second kappa shape index (κ2) is 9.59. The summed E-state index contributed by atoms with van der Waals surface area (Å²) in [5.74, 6) is 2.43. The van der Waals surface area contributed by atoms with Gasteiger partial charge in [0.1, 0.15) is 17.2 Å². The van der Waals surface area contributed by atoms with Gasteiger partial charge in [0.2, 0.25) is 0 Å². The van der Waals surface area contributed by atoms with Gasteiger partial charge in [-0.1, -0.05) is 32.9 Å². The van der Waals surface area contributed by atoms with Gasteiger partial charge < -0.3 is 15.2 Å². The fourth-order valence-corrected chi connectivity index (χ4v) is 3.11. The zero-order valence-electron chi connectivity index (χ0n) is 18.2. The van der Waals surface area contributed by atoms with Crippen LogP contribution in [0, 0.1) is 0 Å². The van der Waals surface area contributed by atoms with Crippen LogP contribution in [-0.2, 0) is 5.41 Å². The highest BCUT2D eigenvalue weighted by atomic mass is 16.5. The second-order valence-electron chi connectivity index (χ2n) is 8.15. The fraction of sp³-hybridized carbons (Fsp3) is 0.269. The van der Waals surface area contributed by atoms with Gasteiger partial charge in [0.25, 0.3) is 0 Å². The molecule has 0 aromatic heterocycles. The Morgan fingerprint density at radius 2 is 1.23 bits per heavy atom. The number of hydrogen-bond donors (Lipinski definition) is 1. The van der Waals surface area contributed by atoms with Crippen LogP contribution in [0.4, 0.5) is 0 Å². The SMILES string of the molecule is COc1ccc(/C(=N/CCN)c2ccc(Oc3ccc(C(C)(C)C)cc3)cc2)cc1. The summed E-state index contributed by atoms with van der Waals surface area (Å²) in [6.07, 6.45) is 0. The molecule has 3 aromatic rings. The standard InChI is InChI=1S/C26H30N2O2/c1-26(2,3)21-9-15-24(16-10-21)30-23-13-7-20(8-14-23)25(28-18-17-27)19-5-11-22(29-4)12-6-19/h5-16H,17-18,27H2,1-4H3/b28-25-. The van der Waals surface area contributed by atoms with Crippen molar-refractivity contribution in [2.75, 3.05) is 20.2 Å². The monoisotopic (exact) mass is 402 g/mol. The lowest BCUT2D eigenvalue weighted by atomic mass is 9.87. The third-order valence-electron chi connectivity index (χ3n) is 4.85. The van der Waals surface area contributed by atoms with E-state index in [9.17, 15) is 0 Å². The summed E-state index contributed by atoms with van der Waals surface area (Å²) in [7, 11) is 1.66. The van der Waals surface area contributed by atoms with Crippen molar-refractivity contribution in [3.05, 3.63) is 89.5 Å². The lowest BCUT2D eigenvalue weighted by molar-refractivity contribution is 0.415. The van der Waals surface area contributed by atoms with Gasteiger partial charge in [-0.3, -0.25) is 4.99 Å². The molecule has 156 valence electrons. The van der Waals surface area contributed by atoms with Crippen molar-refractivity contribution in [3.63, 3.8) is 0 Å². The molecule has 0 saturated carbocycles. The summed E-state index contributed by atoms with van der Waals surface area (Å²) in [6, 6.07) is 24.1. The average molecular weight is 403 g/mol. The van der Waals surface area contributed by atoms with E-state index in [1.165, 1.54) is 5.56 Å². The normalized spacial score (nSPS) is 12.0. The quantitative estimate of drug-likeness (QED) is 0.525. The first-order chi connectivity index (χ1) is 14.4. The summed E-state index contributed by atoms with van der Waals surface area (Å²) in [6.45, 7) is 7.68. The minimum atomic E-state index is 0.126. The zero-order chi connectivity index (χ0) is 21.6.